The number of amides is 16. The summed E-state index contributed by atoms with van der Waals surface area (Å²) in [6, 6.07) is -3.04. The van der Waals surface area contributed by atoms with Crippen LogP contribution in [0.4, 0.5) is 0 Å². The Morgan fingerprint density at radius 3 is 1.70 bits per heavy atom. The van der Waals surface area contributed by atoms with Crippen LogP contribution in [0, 0.1) is 5.41 Å². The van der Waals surface area contributed by atoms with Gasteiger partial charge in [0, 0.05) is 119 Å². The van der Waals surface area contributed by atoms with E-state index in [0.29, 0.717) is 64.2 Å². The number of nitrogens with one attached hydrogen (secondary N) is 15. The van der Waals surface area contributed by atoms with Crippen molar-refractivity contribution in [3.63, 3.8) is 0 Å². The average Bonchev–Trinajstić information content (AvgIpc) is 1.70. The van der Waals surface area contributed by atoms with Gasteiger partial charge in [0.15, 0.2) is 5.96 Å². The van der Waals surface area contributed by atoms with Crippen LogP contribution in [-0.4, -0.2) is 334 Å². The van der Waals surface area contributed by atoms with E-state index in [4.69, 9.17) is 22.6 Å². The summed E-state index contributed by atoms with van der Waals surface area (Å²) < 4.78 is 0. The Hall–Kier alpha value is -13.8. The summed E-state index contributed by atoms with van der Waals surface area (Å²) in [7, 11) is 3.91. The van der Waals surface area contributed by atoms with Crippen molar-refractivity contribution in [1.82, 2.24) is 103 Å². The molecule has 3 saturated heterocycles. The van der Waals surface area contributed by atoms with Crippen molar-refractivity contribution in [3.05, 3.63) is 120 Å². The number of primary amides is 1. The molecule has 0 spiro atoms. The summed E-state index contributed by atoms with van der Waals surface area (Å²) in [4.78, 5) is 268. The number of H-pyrrole nitrogens is 3. The van der Waals surface area contributed by atoms with E-state index in [1.807, 2.05) is 13.8 Å². The number of aliphatic hydroxyl groups excluding tert-OH is 2. The molecule has 732 valence electrons. The number of aromatic amines is 3. The summed E-state index contributed by atoms with van der Waals surface area (Å²) in [5, 5.41) is 80.8. The number of guanidine groups is 1. The number of nitrogens with two attached hydrogens (primary N) is 3. The lowest BCUT2D eigenvalue weighted by Crippen LogP contribution is -2.62. The number of carbonyl (C=O) groups is 17. The van der Waals surface area contributed by atoms with Crippen LogP contribution in [0.5, 0.6) is 5.75 Å². The first kappa shape index (κ1) is 105. The zero-order valence-corrected chi connectivity index (χ0v) is 76.9. The van der Waals surface area contributed by atoms with Crippen LogP contribution >= 0.6 is 11.8 Å². The zero-order chi connectivity index (χ0) is 98.4. The molecule has 45 nitrogen and oxygen atoms in total. The molecule has 135 heavy (non-hydrogen) atoms. The number of hydrogen-bond donors (Lipinski definition) is 22. The Morgan fingerprint density at radius 1 is 0.556 bits per heavy atom. The van der Waals surface area contributed by atoms with E-state index in [9.17, 15) is 68.4 Å². The second-order valence-electron chi connectivity index (χ2n) is 33.8. The molecule has 3 fully saturated rings. The highest BCUT2D eigenvalue weighted by atomic mass is 32.2. The van der Waals surface area contributed by atoms with Gasteiger partial charge < -0.3 is 136 Å². The molecule has 46 heteroatoms. The monoisotopic (exact) mass is 1900 g/mol. The fraction of sp³-hybridized carbons (Fsp3) is 0.517. The Morgan fingerprint density at radius 2 is 1.10 bits per heavy atom. The molecule has 3 aromatic carbocycles. The van der Waals surface area contributed by atoms with Gasteiger partial charge in [-0.3, -0.25) is 86.9 Å². The molecular weight excluding hydrogens is 1770 g/mol. The maximum atomic E-state index is 15.7. The maximum Gasteiger partial charge on any atom is 0.305 e. The molecule has 6 aromatic rings. The van der Waals surface area contributed by atoms with Gasteiger partial charge in [-0.2, -0.15) is 0 Å². The molecule has 16 amide bonds. The number of carboxylic acids is 1. The maximum absolute atomic E-state index is 15.7. The number of likely N-dealkylation sites (N-methyl/N-ethyl adjacent to an activating group) is 3. The van der Waals surface area contributed by atoms with E-state index < -0.39 is 248 Å². The molecular formula is C89H124N24O21S. The molecule has 0 bridgehead atoms. The Balaban J connectivity index is 1.10. The second kappa shape index (κ2) is 50.4. The lowest BCUT2D eigenvalue weighted by atomic mass is 10.00. The highest BCUT2D eigenvalue weighted by Gasteiger charge is 2.47. The third-order valence-electron chi connectivity index (χ3n) is 24.0. The molecule has 9 rings (SSSR count). The summed E-state index contributed by atoms with van der Waals surface area (Å²) in [5.74, 6) is -18.8. The minimum Gasteiger partial charge on any atom is -0.508 e. The summed E-state index contributed by atoms with van der Waals surface area (Å²) in [6.07, 6.45) is 2.60. The van der Waals surface area contributed by atoms with Crippen molar-refractivity contribution in [2.24, 2.45) is 17.2 Å². The lowest BCUT2D eigenvalue weighted by Gasteiger charge is -2.36. The molecule has 0 radical (unpaired) electrons. The van der Waals surface area contributed by atoms with E-state index in [1.165, 1.54) is 64.9 Å². The minimum absolute atomic E-state index is 0.00963. The first-order valence-electron chi connectivity index (χ1n) is 44.9. The van der Waals surface area contributed by atoms with Crippen LogP contribution in [0.15, 0.2) is 97.7 Å². The number of thioether (sulfide) groups is 1. The molecule has 15 atom stereocenters. The van der Waals surface area contributed by atoms with Gasteiger partial charge in [-0.15, -0.1) is 11.8 Å². The highest BCUT2D eigenvalue weighted by molar-refractivity contribution is 8.00. The van der Waals surface area contributed by atoms with Crippen LogP contribution in [-0.2, 0) is 107 Å². The number of carboxylic acid groups (broad SMARTS) is 1. The van der Waals surface area contributed by atoms with Gasteiger partial charge in [0.25, 0.3) is 0 Å². The number of aliphatic hydroxyl groups is 2. The third kappa shape index (κ3) is 29.1. The fourth-order valence-electron chi connectivity index (χ4n) is 16.5. The number of phenolic OH excluding ortho intramolecular Hbond substituents is 1. The van der Waals surface area contributed by atoms with Crippen molar-refractivity contribution >= 4 is 140 Å². The molecule has 3 aliphatic heterocycles. The van der Waals surface area contributed by atoms with Crippen molar-refractivity contribution in [1.29, 1.82) is 5.41 Å². The van der Waals surface area contributed by atoms with Crippen LogP contribution in [0.25, 0.3) is 21.8 Å². The summed E-state index contributed by atoms with van der Waals surface area (Å²) in [6.45, 7) is 2.17. The van der Waals surface area contributed by atoms with Gasteiger partial charge in [-0.05, 0) is 99.4 Å². The van der Waals surface area contributed by atoms with Gasteiger partial charge in [0.2, 0.25) is 94.5 Å². The number of aromatic nitrogens is 4. The number of phenols is 1. The van der Waals surface area contributed by atoms with E-state index >= 15 is 33.6 Å². The predicted molar refractivity (Wildman–Crippen MR) is 492 cm³/mol. The smallest absolute Gasteiger partial charge is 0.305 e. The Kier molecular flexibility index (Phi) is 39.2. The number of unbranched alkanes of at least 4 members (excludes halogenated alkanes) is 2. The number of nitrogens with zero attached hydrogens (tertiary/aromatic N) is 6. The number of para-hydroxylation sites is 2. The second-order valence-corrected chi connectivity index (χ2v) is 34.9. The molecule has 3 aromatic heterocycles. The largest absolute Gasteiger partial charge is 0.508 e. The molecule has 3 aliphatic rings. The minimum atomic E-state index is -2.06. The number of aromatic hydroxyl groups is 1. The number of aliphatic carboxylic acids is 1. The highest BCUT2D eigenvalue weighted by Crippen LogP contribution is 2.28. The Bertz CT molecular complexity index is 5210. The van der Waals surface area contributed by atoms with Crippen LogP contribution in [0.1, 0.15) is 127 Å². The van der Waals surface area contributed by atoms with Gasteiger partial charge >= 0.3 is 5.97 Å². The topological polar surface area (TPSA) is 682 Å². The number of imidazole rings is 1. The van der Waals surface area contributed by atoms with E-state index in [2.05, 4.69) is 78.4 Å². The van der Waals surface area contributed by atoms with Gasteiger partial charge in [-0.1, -0.05) is 88.1 Å². The number of rotatable bonds is 26. The normalized spacial score (nSPS) is 24.7. The molecule has 6 heterocycles. The van der Waals surface area contributed by atoms with Crippen molar-refractivity contribution in [3.8, 4) is 5.75 Å². The van der Waals surface area contributed by atoms with Crippen LogP contribution in [0.2, 0.25) is 0 Å². The average molecular weight is 1900 g/mol. The van der Waals surface area contributed by atoms with Crippen molar-refractivity contribution in [2.75, 3.05) is 72.0 Å². The van der Waals surface area contributed by atoms with E-state index in [1.54, 1.807) is 60.9 Å². The molecule has 0 unspecified atom stereocenters. The number of benzene rings is 3. The first-order chi connectivity index (χ1) is 64.4. The lowest BCUT2D eigenvalue weighted by molar-refractivity contribution is -0.149. The van der Waals surface area contributed by atoms with E-state index in [-0.39, 0.29) is 95.3 Å². The number of fused-ring (bicyclic) bond motifs is 4. The number of hydrogen-bond acceptors (Lipinski definition) is 24. The summed E-state index contributed by atoms with van der Waals surface area (Å²) >= 11 is 0.770. The van der Waals surface area contributed by atoms with Crippen LogP contribution < -0.4 is 75.7 Å². The number of carbonyl (C=O) groups excluding carboxylic acids is 16. The van der Waals surface area contributed by atoms with Crippen molar-refractivity contribution in [2.45, 2.75) is 221 Å². The SMILES string of the molecule is CCCC[C@H]1C(=O)N(C)[C@@H](CCCC)C(=O)N[C@@H](CCCNC(=N)N)C(=O)N[C@H](C(=O)NCC(N)=O)CSCC(=O)N[C@@H](Cc2ccc(O)cc2)C(=O)N(C)[C@@H](C)C(=O)N[C@@H](CCN)C(=O)N2CCC[C@H]2C(=O)N[C@@H](Cc2c[nH]cn2)C(=O)N[C@@H](CC(=O)O)C(=O)N2C[C@H](O)C[C@H]2C(=O)N[C@@H](Cc2c[nH]c3ccccc23)C(=O)N[C@@H](CO)C(=O)N[C@@H](Cc2c[nH]c3ccccc23)C(=O)N1C. The van der Waals surface area contributed by atoms with Gasteiger partial charge in [0.05, 0.1) is 43.5 Å². The summed E-state index contributed by atoms with van der Waals surface area (Å²) in [5.41, 5.74) is 19.8. The quantitative estimate of drug-likeness (QED) is 0.0140. The molecule has 25 N–H and O–H groups in total. The van der Waals surface area contributed by atoms with Crippen molar-refractivity contribution < 1.29 is 102 Å². The first-order valence-corrected chi connectivity index (χ1v) is 46.0. The van der Waals surface area contributed by atoms with Gasteiger partial charge in [-0.25, -0.2) is 4.98 Å². The van der Waals surface area contributed by atoms with E-state index in [0.717, 1.165) is 36.3 Å². The Labute approximate surface area is 782 Å². The predicted octanol–water partition coefficient (Wildman–Crippen LogP) is -4.03. The molecule has 0 saturated carbocycles. The zero-order valence-electron chi connectivity index (χ0n) is 76.1. The third-order valence-corrected chi connectivity index (χ3v) is 25.1. The standard InChI is InChI=1S/C89H124N24O21S/c1-7-9-22-68-81(127)101-59(21-15-31-95-89(92)93)77(123)108-67(76(122)98-42-72(91)117)45-135-46-73(118)100-63(33-49-25-27-53(115)28-26-49)84(130)109(4)48(3)75(121)102-60(29-30-90)86(132)112-32-16-24-69(112)82(128)104-62(36-52-41-94-47-99-52)79(125)106-65(38-74(119)120)87(133)113-43-54(116)37-71(113)83(129)103-61(34-50-39-96-57-19-13-11-17-55(50)57)78(124)107-66(44-114)80(126)105-64(35-51-40-97-58-20-14-12-18-56(51)58)85(131)111(6)70(23-10-8-2)88(134)110(68)5/h11-14,17-20,25-28,39-41,47-48,54,59-71,96-97,114-116H,7-10,15-16,21-24,29-38,42-46,90H2,1-6H3,(H2,91,117)(H,94,99)(H,98,122)(H,100,118)(H,101,127)(H,102,121)(H,103,129)(H,104,128)(H,105,126)(H,106,125)(H,107,124)(H,108,123)(H,119,120)(H4,92,93,95)/t48-,54+,59-,60-,61-,62-,63-,64-,65-,66-,67-,68-,69-,70-,71-/m0/s1. The van der Waals surface area contributed by atoms with Crippen LogP contribution in [0.3, 0.4) is 0 Å². The molecule has 0 aliphatic carbocycles. The van der Waals surface area contributed by atoms with Gasteiger partial charge in [0.1, 0.15) is 90.3 Å². The fourth-order valence-corrected chi connectivity index (χ4v) is 17.3.